The third-order valence-electron chi connectivity index (χ3n) is 1.81. The monoisotopic (exact) mass is 303 g/mol. The van der Waals surface area contributed by atoms with E-state index in [0.29, 0.717) is 15.2 Å². The molecule has 0 atom stereocenters. The van der Waals surface area contributed by atoms with Crippen LogP contribution in [-0.4, -0.2) is 11.9 Å². The highest BCUT2D eigenvalue weighted by molar-refractivity contribution is 9.10. The molecule has 1 aromatic rings. The van der Waals surface area contributed by atoms with Gasteiger partial charge in [-0.2, -0.15) is 0 Å². The van der Waals surface area contributed by atoms with E-state index < -0.39 is 0 Å². The summed E-state index contributed by atoms with van der Waals surface area (Å²) in [5.74, 6) is -0.383. The lowest BCUT2D eigenvalue weighted by Gasteiger charge is -2.13. The average Bonchev–Trinajstić information content (AvgIpc) is 2.17. The van der Waals surface area contributed by atoms with Crippen LogP contribution in [0.15, 0.2) is 16.6 Å². The maximum absolute atomic E-state index is 7.51. The zero-order valence-corrected chi connectivity index (χ0v) is 10.8. The van der Waals surface area contributed by atoms with Crippen LogP contribution in [0.5, 0.6) is 0 Å². The van der Waals surface area contributed by atoms with E-state index in [1.54, 1.807) is 6.07 Å². The van der Waals surface area contributed by atoms with Crippen LogP contribution >= 0.6 is 27.5 Å². The number of rotatable bonds is 1. The Morgan fingerprint density at radius 3 is 2.62 bits per heavy atom. The molecule has 0 heterocycles. The molecule has 0 aliphatic heterocycles. The highest BCUT2D eigenvalue weighted by Gasteiger charge is 2.09. The second-order valence-electron chi connectivity index (χ2n) is 3.09. The van der Waals surface area contributed by atoms with Crippen LogP contribution in [0.3, 0.4) is 0 Å². The van der Waals surface area contributed by atoms with Crippen molar-refractivity contribution in [3.05, 3.63) is 27.2 Å². The van der Waals surface area contributed by atoms with E-state index in [2.05, 4.69) is 26.6 Å². The molecule has 0 saturated heterocycles. The number of hydrogen-bond acceptors (Lipinski definition) is 2. The first-order chi connectivity index (χ1) is 7.41. The SMILES string of the molecule is Cc1ccc(Cl)c(Br)c1NC(=N)NC(=N)N. The summed E-state index contributed by atoms with van der Waals surface area (Å²) < 4.78 is 0.671. The van der Waals surface area contributed by atoms with Crippen molar-refractivity contribution in [1.82, 2.24) is 5.32 Å². The van der Waals surface area contributed by atoms with E-state index >= 15 is 0 Å². The van der Waals surface area contributed by atoms with Gasteiger partial charge in [0.25, 0.3) is 0 Å². The Labute approximate surface area is 107 Å². The van der Waals surface area contributed by atoms with Crippen molar-refractivity contribution in [1.29, 1.82) is 10.8 Å². The molecule has 0 bridgehead atoms. The summed E-state index contributed by atoms with van der Waals surface area (Å²) in [6.45, 7) is 1.88. The fourth-order valence-corrected chi connectivity index (χ4v) is 1.79. The van der Waals surface area contributed by atoms with Crippen molar-refractivity contribution in [2.45, 2.75) is 6.92 Å². The lowest BCUT2D eigenvalue weighted by Crippen LogP contribution is -2.39. The number of aryl methyl sites for hydroxylation is 1. The summed E-state index contributed by atoms with van der Waals surface area (Å²) >= 11 is 9.25. The molecule has 1 rings (SSSR count). The predicted octanol–water partition coefficient (Wildman–Crippen LogP) is 2.24. The normalized spacial score (nSPS) is 9.69. The molecule has 0 radical (unpaired) electrons. The smallest absolute Gasteiger partial charge is 0.199 e. The van der Waals surface area contributed by atoms with Gasteiger partial charge in [-0.1, -0.05) is 17.7 Å². The van der Waals surface area contributed by atoms with Crippen molar-refractivity contribution in [3.8, 4) is 0 Å². The van der Waals surface area contributed by atoms with E-state index in [1.165, 1.54) is 0 Å². The fraction of sp³-hybridized carbons (Fsp3) is 0.111. The van der Waals surface area contributed by atoms with Gasteiger partial charge in [-0.15, -0.1) is 0 Å². The molecule has 0 unspecified atom stereocenters. The molecule has 0 fully saturated rings. The van der Waals surface area contributed by atoms with Crippen molar-refractivity contribution in [3.63, 3.8) is 0 Å². The number of nitrogens with one attached hydrogen (secondary N) is 4. The number of benzene rings is 1. The molecular weight excluding hydrogens is 293 g/mol. The Morgan fingerprint density at radius 2 is 2.06 bits per heavy atom. The third-order valence-corrected chi connectivity index (χ3v) is 3.18. The third kappa shape index (κ3) is 3.11. The highest BCUT2D eigenvalue weighted by Crippen LogP contribution is 2.32. The summed E-state index contributed by atoms with van der Waals surface area (Å²) in [5.41, 5.74) is 6.70. The lowest BCUT2D eigenvalue weighted by molar-refractivity contribution is 1.20. The van der Waals surface area contributed by atoms with Gasteiger partial charge in [0.2, 0.25) is 0 Å². The van der Waals surface area contributed by atoms with Gasteiger partial charge in [0.1, 0.15) is 0 Å². The Hall–Kier alpha value is -1.27. The quantitative estimate of drug-likeness (QED) is 0.406. The van der Waals surface area contributed by atoms with Crippen LogP contribution < -0.4 is 16.4 Å². The summed E-state index contributed by atoms with van der Waals surface area (Å²) in [6.07, 6.45) is 0. The lowest BCUT2D eigenvalue weighted by atomic mass is 10.2. The zero-order chi connectivity index (χ0) is 12.3. The van der Waals surface area contributed by atoms with Crippen LogP contribution in [-0.2, 0) is 0 Å². The van der Waals surface area contributed by atoms with Crippen molar-refractivity contribution in [2.75, 3.05) is 5.32 Å². The average molecular weight is 305 g/mol. The van der Waals surface area contributed by atoms with E-state index in [9.17, 15) is 0 Å². The molecule has 0 aromatic heterocycles. The maximum Gasteiger partial charge on any atom is 0.199 e. The highest BCUT2D eigenvalue weighted by atomic mass is 79.9. The number of halogens is 2. The molecule has 0 amide bonds. The molecule has 6 N–H and O–H groups in total. The molecule has 1 aromatic carbocycles. The Bertz CT molecular complexity index is 446. The van der Waals surface area contributed by atoms with Crippen LogP contribution in [0, 0.1) is 17.7 Å². The second-order valence-corrected chi connectivity index (χ2v) is 4.29. The second kappa shape index (κ2) is 5.18. The van der Waals surface area contributed by atoms with Gasteiger partial charge in [-0.3, -0.25) is 16.1 Å². The zero-order valence-electron chi connectivity index (χ0n) is 8.49. The summed E-state index contributed by atoms with van der Waals surface area (Å²) in [7, 11) is 0. The molecule has 0 saturated carbocycles. The van der Waals surface area contributed by atoms with Crippen molar-refractivity contribution in [2.24, 2.45) is 5.73 Å². The van der Waals surface area contributed by atoms with Crippen LogP contribution in [0.25, 0.3) is 0 Å². The fourth-order valence-electron chi connectivity index (χ4n) is 1.09. The number of nitrogens with two attached hydrogens (primary N) is 1. The van der Waals surface area contributed by atoms with E-state index in [-0.39, 0.29) is 11.9 Å². The molecule has 0 aliphatic rings. The van der Waals surface area contributed by atoms with Crippen LogP contribution in [0.4, 0.5) is 5.69 Å². The van der Waals surface area contributed by atoms with E-state index in [1.807, 2.05) is 13.0 Å². The number of anilines is 1. The molecule has 0 aliphatic carbocycles. The maximum atomic E-state index is 7.51. The minimum atomic E-state index is -0.298. The summed E-state index contributed by atoms with van der Waals surface area (Å²) in [6, 6.07) is 3.59. The predicted molar refractivity (Wildman–Crippen MR) is 70.3 cm³/mol. The summed E-state index contributed by atoms with van der Waals surface area (Å²) in [5, 5.41) is 20.2. The Morgan fingerprint density at radius 1 is 1.44 bits per heavy atom. The van der Waals surface area contributed by atoms with E-state index in [4.69, 9.17) is 28.2 Å². The largest absolute Gasteiger partial charge is 0.370 e. The van der Waals surface area contributed by atoms with Gasteiger partial charge in [-0.25, -0.2) is 0 Å². The first-order valence-corrected chi connectivity index (χ1v) is 5.50. The van der Waals surface area contributed by atoms with Crippen molar-refractivity contribution < 1.29 is 0 Å². The van der Waals surface area contributed by atoms with Gasteiger partial charge in [0.15, 0.2) is 11.9 Å². The van der Waals surface area contributed by atoms with Crippen LogP contribution in [0.1, 0.15) is 5.56 Å². The van der Waals surface area contributed by atoms with Gasteiger partial charge >= 0.3 is 0 Å². The van der Waals surface area contributed by atoms with E-state index in [0.717, 1.165) is 5.56 Å². The van der Waals surface area contributed by atoms with Gasteiger partial charge in [-0.05, 0) is 34.5 Å². The molecular formula is C9H11BrClN5. The molecule has 16 heavy (non-hydrogen) atoms. The summed E-state index contributed by atoms with van der Waals surface area (Å²) in [4.78, 5) is 0. The standard InChI is InChI=1S/C9H11BrClN5/c1-4-2-3-5(11)6(10)7(4)15-9(14)16-8(12)13/h2-3H,1H3,(H6,12,13,14,15,16). The Balaban J connectivity index is 2.93. The minimum absolute atomic E-state index is 0.0847. The molecule has 0 spiro atoms. The first kappa shape index (κ1) is 12.8. The molecule has 5 nitrogen and oxygen atoms in total. The van der Waals surface area contributed by atoms with Gasteiger partial charge < -0.3 is 11.1 Å². The Kier molecular flexibility index (Phi) is 4.14. The molecule has 7 heteroatoms. The van der Waals surface area contributed by atoms with Gasteiger partial charge in [0.05, 0.1) is 15.2 Å². The number of hydrogen-bond donors (Lipinski definition) is 5. The van der Waals surface area contributed by atoms with Crippen LogP contribution in [0.2, 0.25) is 5.02 Å². The minimum Gasteiger partial charge on any atom is -0.370 e. The molecule has 86 valence electrons. The van der Waals surface area contributed by atoms with Gasteiger partial charge in [0, 0.05) is 0 Å². The first-order valence-electron chi connectivity index (χ1n) is 4.33. The topological polar surface area (TPSA) is 97.8 Å². The van der Waals surface area contributed by atoms with Crippen molar-refractivity contribution >= 4 is 45.1 Å². The number of guanidine groups is 2.